The molecule has 0 saturated carbocycles. The molecule has 0 bridgehead atoms. The van der Waals surface area contributed by atoms with E-state index in [1.165, 1.54) is 22.4 Å². The summed E-state index contributed by atoms with van der Waals surface area (Å²) in [5.74, 6) is 0.258. The van der Waals surface area contributed by atoms with E-state index in [0.717, 1.165) is 6.42 Å². The third kappa shape index (κ3) is 4.83. The summed E-state index contributed by atoms with van der Waals surface area (Å²) in [5, 5.41) is 0. The summed E-state index contributed by atoms with van der Waals surface area (Å²) in [6, 6.07) is 12.3. The first-order chi connectivity index (χ1) is 9.61. The van der Waals surface area contributed by atoms with Crippen LogP contribution in [0.4, 0.5) is 0 Å². The van der Waals surface area contributed by atoms with Gasteiger partial charge in [0, 0.05) is 57.7 Å². The van der Waals surface area contributed by atoms with Crippen molar-refractivity contribution in [2.75, 3.05) is 0 Å². The van der Waals surface area contributed by atoms with Crippen molar-refractivity contribution in [3.63, 3.8) is 0 Å². The third-order valence-corrected chi connectivity index (χ3v) is 3.76. The minimum Gasteiger partial charge on any atom is -0.292 e. The number of ketones is 1. The Morgan fingerprint density at radius 3 is 2.33 bits per heavy atom. The van der Waals surface area contributed by atoms with Crippen molar-refractivity contribution in [2.45, 2.75) is 40.2 Å². The summed E-state index contributed by atoms with van der Waals surface area (Å²) in [6.45, 7) is 6.71. The molecule has 0 atom stereocenters. The van der Waals surface area contributed by atoms with Gasteiger partial charge in [0.15, 0.2) is 11.9 Å². The number of carbonyl (C=O) groups is 1. The van der Waals surface area contributed by atoms with Gasteiger partial charge in [0.1, 0.15) is 0 Å². The number of aromatic nitrogens is 1. The van der Waals surface area contributed by atoms with Gasteiger partial charge in [-0.25, -0.2) is 0 Å². The summed E-state index contributed by atoms with van der Waals surface area (Å²) in [5.41, 5.74) is 4.77. The number of aryl methyl sites for hydroxylation is 3. The molecule has 0 fully saturated rings. The molecule has 0 N–H and O–H groups in total. The standard InChI is InChI=1S/C18H22NO.Y/c1-4-16-10-5-6-11-19(16)13-17(20)12-18-14(2)8-7-9-15(18)3;/h5-11H,4,12-13H2,1-3H3;/q+1;. The maximum Gasteiger partial charge on any atom is 0.207 e. The third-order valence-electron chi connectivity index (χ3n) is 3.76. The van der Waals surface area contributed by atoms with Gasteiger partial charge in [-0.1, -0.05) is 31.2 Å². The van der Waals surface area contributed by atoms with E-state index >= 15 is 0 Å². The van der Waals surface area contributed by atoms with Gasteiger partial charge in [-0.15, -0.1) is 0 Å². The fraction of sp³-hybridized carbons (Fsp3) is 0.333. The minimum absolute atomic E-state index is 0. The molecule has 0 aliphatic rings. The number of Topliss-reactive ketones (excluding diaryl/α,β-unsaturated/α-hetero) is 1. The van der Waals surface area contributed by atoms with Crippen molar-refractivity contribution in [3.8, 4) is 0 Å². The topological polar surface area (TPSA) is 20.9 Å². The summed E-state index contributed by atoms with van der Waals surface area (Å²) < 4.78 is 2.05. The molecule has 2 nitrogen and oxygen atoms in total. The Balaban J connectivity index is 0.00000220. The molecule has 0 spiro atoms. The van der Waals surface area contributed by atoms with Gasteiger partial charge in [0.2, 0.25) is 12.3 Å². The van der Waals surface area contributed by atoms with E-state index in [1.54, 1.807) is 0 Å². The van der Waals surface area contributed by atoms with Crippen molar-refractivity contribution in [1.82, 2.24) is 0 Å². The Kier molecular flexibility index (Phi) is 7.41. The Morgan fingerprint density at radius 1 is 1.05 bits per heavy atom. The molecule has 0 unspecified atom stereocenters. The predicted molar refractivity (Wildman–Crippen MR) is 80.6 cm³/mol. The molecule has 0 aliphatic carbocycles. The molecule has 2 rings (SSSR count). The van der Waals surface area contributed by atoms with E-state index in [4.69, 9.17) is 0 Å². The van der Waals surface area contributed by atoms with Gasteiger partial charge in [-0.2, -0.15) is 4.57 Å². The summed E-state index contributed by atoms with van der Waals surface area (Å²) in [7, 11) is 0. The molecule has 0 amide bonds. The van der Waals surface area contributed by atoms with E-state index in [9.17, 15) is 4.79 Å². The summed E-state index contributed by atoms with van der Waals surface area (Å²) in [4.78, 5) is 12.3. The summed E-state index contributed by atoms with van der Waals surface area (Å²) in [6.07, 6.45) is 3.45. The zero-order valence-corrected chi connectivity index (χ0v) is 15.9. The van der Waals surface area contributed by atoms with Gasteiger partial charge in [0.05, 0.1) is 0 Å². The van der Waals surface area contributed by atoms with Gasteiger partial charge in [-0.05, 0) is 30.5 Å². The molecule has 3 heteroatoms. The molecule has 0 saturated heterocycles. The average molecular weight is 357 g/mol. The second kappa shape index (κ2) is 8.55. The van der Waals surface area contributed by atoms with Crippen LogP contribution in [0.2, 0.25) is 0 Å². The molecule has 107 valence electrons. The van der Waals surface area contributed by atoms with E-state index in [-0.39, 0.29) is 38.5 Å². The van der Waals surface area contributed by atoms with Crippen LogP contribution < -0.4 is 4.57 Å². The van der Waals surface area contributed by atoms with E-state index < -0.39 is 0 Å². The second-order valence-electron chi connectivity index (χ2n) is 5.26. The maximum absolute atomic E-state index is 12.3. The zero-order valence-electron chi connectivity index (χ0n) is 13.1. The smallest absolute Gasteiger partial charge is 0.207 e. The molecular weight excluding hydrogens is 335 g/mol. The van der Waals surface area contributed by atoms with Gasteiger partial charge in [-0.3, -0.25) is 4.79 Å². The number of carbonyl (C=O) groups excluding carboxylic acids is 1. The first kappa shape index (κ1) is 18.2. The van der Waals surface area contributed by atoms with Crippen molar-refractivity contribution in [3.05, 3.63) is 65.0 Å². The molecule has 1 aromatic heterocycles. The van der Waals surface area contributed by atoms with Crippen LogP contribution in [0.3, 0.4) is 0 Å². The maximum atomic E-state index is 12.3. The Hall–Kier alpha value is -0.856. The number of benzene rings is 1. The number of hydrogen-bond donors (Lipinski definition) is 0. The second-order valence-corrected chi connectivity index (χ2v) is 5.26. The largest absolute Gasteiger partial charge is 0.292 e. The van der Waals surface area contributed by atoms with Crippen LogP contribution in [0.5, 0.6) is 0 Å². The van der Waals surface area contributed by atoms with E-state index in [0.29, 0.717) is 13.0 Å². The van der Waals surface area contributed by atoms with Crippen LogP contribution >= 0.6 is 0 Å². The molecule has 1 heterocycles. The van der Waals surface area contributed by atoms with Crippen LogP contribution in [-0.2, 0) is 56.9 Å². The Bertz CT molecular complexity index is 602. The average Bonchev–Trinajstić information content (AvgIpc) is 2.44. The molecule has 21 heavy (non-hydrogen) atoms. The number of hydrogen-bond acceptors (Lipinski definition) is 1. The van der Waals surface area contributed by atoms with Crippen molar-refractivity contribution < 1.29 is 42.1 Å². The first-order valence-corrected chi connectivity index (χ1v) is 7.16. The van der Waals surface area contributed by atoms with Crippen LogP contribution in [-0.4, -0.2) is 5.78 Å². The van der Waals surface area contributed by atoms with Crippen LogP contribution in [0.25, 0.3) is 0 Å². The molecule has 2 aromatic rings. The SMILES string of the molecule is CCc1cccc[n+]1CC(=O)Cc1c(C)cccc1C.[Y]. The van der Waals surface area contributed by atoms with Gasteiger partial charge >= 0.3 is 0 Å². The fourth-order valence-corrected chi connectivity index (χ4v) is 2.56. The minimum atomic E-state index is 0. The van der Waals surface area contributed by atoms with E-state index in [2.05, 4.69) is 43.5 Å². The van der Waals surface area contributed by atoms with Gasteiger partial charge < -0.3 is 0 Å². The predicted octanol–water partition coefficient (Wildman–Crippen LogP) is 2.96. The number of rotatable bonds is 5. The van der Waals surface area contributed by atoms with Gasteiger partial charge in [0.25, 0.3) is 0 Å². The first-order valence-electron chi connectivity index (χ1n) is 7.16. The number of nitrogens with zero attached hydrogens (tertiary/aromatic N) is 1. The summed E-state index contributed by atoms with van der Waals surface area (Å²) >= 11 is 0. The Labute approximate surface area is 152 Å². The van der Waals surface area contributed by atoms with Crippen LogP contribution in [0, 0.1) is 13.8 Å². The zero-order chi connectivity index (χ0) is 14.5. The van der Waals surface area contributed by atoms with Crippen LogP contribution in [0.1, 0.15) is 29.3 Å². The molecule has 1 aromatic carbocycles. The Morgan fingerprint density at radius 2 is 1.71 bits per heavy atom. The molecular formula is C18H22NOY+. The van der Waals surface area contributed by atoms with Crippen LogP contribution in [0.15, 0.2) is 42.6 Å². The van der Waals surface area contributed by atoms with E-state index in [1.807, 2.05) is 24.4 Å². The monoisotopic (exact) mass is 357 g/mol. The fourth-order valence-electron chi connectivity index (χ4n) is 2.56. The number of pyridine rings is 1. The molecule has 1 radical (unpaired) electrons. The molecule has 0 aliphatic heterocycles. The van der Waals surface area contributed by atoms with Crippen molar-refractivity contribution in [1.29, 1.82) is 0 Å². The van der Waals surface area contributed by atoms with Crippen molar-refractivity contribution >= 4 is 5.78 Å². The normalized spacial score (nSPS) is 10.0. The quantitative estimate of drug-likeness (QED) is 0.754. The van der Waals surface area contributed by atoms with Crippen molar-refractivity contribution in [2.24, 2.45) is 0 Å².